The van der Waals surface area contributed by atoms with Crippen LogP contribution in [-0.4, -0.2) is 28.8 Å². The Morgan fingerprint density at radius 3 is 2.96 bits per heavy atom. The molecule has 0 amide bonds. The molecule has 6 heteroatoms. The van der Waals surface area contributed by atoms with Crippen molar-refractivity contribution >= 4 is 23.1 Å². The van der Waals surface area contributed by atoms with E-state index in [4.69, 9.17) is 16.6 Å². The first-order valence-corrected chi connectivity index (χ1v) is 9.56. The van der Waals surface area contributed by atoms with Crippen LogP contribution in [0, 0.1) is 11.7 Å². The Labute approximate surface area is 158 Å². The number of anilines is 1. The van der Waals surface area contributed by atoms with Gasteiger partial charge in [-0.15, -0.1) is 0 Å². The number of hydrogen-bond donors (Lipinski definition) is 0. The molecule has 1 aliphatic carbocycles. The van der Waals surface area contributed by atoms with E-state index in [1.165, 1.54) is 31.7 Å². The van der Waals surface area contributed by atoms with Gasteiger partial charge in [-0.3, -0.25) is 4.99 Å². The highest BCUT2D eigenvalue weighted by molar-refractivity contribution is 6.31. The first kappa shape index (κ1) is 17.4. The Morgan fingerprint density at radius 1 is 1.31 bits per heavy atom. The predicted octanol–water partition coefficient (Wildman–Crippen LogP) is 4.64. The predicted molar refractivity (Wildman–Crippen MR) is 103 cm³/mol. The molecule has 2 aromatic rings. The molecule has 1 fully saturated rings. The number of benzene rings is 1. The van der Waals surface area contributed by atoms with Gasteiger partial charge in [-0.05, 0) is 30.9 Å². The van der Waals surface area contributed by atoms with Crippen molar-refractivity contribution in [1.29, 1.82) is 0 Å². The van der Waals surface area contributed by atoms with E-state index in [0.29, 0.717) is 35.5 Å². The molecule has 1 saturated carbocycles. The third-order valence-corrected chi connectivity index (χ3v) is 5.94. The second kappa shape index (κ2) is 6.95. The Hall–Kier alpha value is -2.01. The number of hydrogen-bond acceptors (Lipinski definition) is 4. The molecule has 4 nitrogen and oxygen atoms in total. The largest absolute Gasteiger partial charge is 0.355 e. The van der Waals surface area contributed by atoms with Crippen LogP contribution in [0.4, 0.5) is 10.2 Å². The lowest BCUT2D eigenvalue weighted by molar-refractivity contribution is 0.449. The zero-order valence-electron chi connectivity index (χ0n) is 15.0. The van der Waals surface area contributed by atoms with Crippen LogP contribution in [-0.2, 0) is 6.54 Å². The Morgan fingerprint density at radius 2 is 2.15 bits per heavy atom. The summed E-state index contributed by atoms with van der Waals surface area (Å²) in [5.74, 6) is 1.13. The van der Waals surface area contributed by atoms with Gasteiger partial charge in [-0.1, -0.05) is 37.4 Å². The maximum Gasteiger partial charge on any atom is 0.151 e. The average Bonchev–Trinajstić information content (AvgIpc) is 3.29. The molecule has 2 heterocycles. The molecular formula is C20H22ClFN4. The van der Waals surface area contributed by atoms with Crippen LogP contribution < -0.4 is 4.90 Å². The van der Waals surface area contributed by atoms with E-state index in [1.807, 2.05) is 0 Å². The minimum Gasteiger partial charge on any atom is -0.355 e. The van der Waals surface area contributed by atoms with Gasteiger partial charge in [0.05, 0.1) is 29.2 Å². The van der Waals surface area contributed by atoms with E-state index < -0.39 is 5.82 Å². The second-order valence-corrected chi connectivity index (χ2v) is 7.47. The van der Waals surface area contributed by atoms with E-state index in [-0.39, 0.29) is 5.02 Å². The molecule has 0 saturated heterocycles. The van der Waals surface area contributed by atoms with Gasteiger partial charge >= 0.3 is 0 Å². The van der Waals surface area contributed by atoms with Crippen molar-refractivity contribution in [2.75, 3.05) is 11.9 Å². The highest BCUT2D eigenvalue weighted by Crippen LogP contribution is 2.34. The number of rotatable bonds is 4. The third kappa shape index (κ3) is 2.88. The van der Waals surface area contributed by atoms with Gasteiger partial charge in [0, 0.05) is 18.7 Å². The average molecular weight is 373 g/mol. The summed E-state index contributed by atoms with van der Waals surface area (Å²) < 4.78 is 14.4. The van der Waals surface area contributed by atoms with Crippen molar-refractivity contribution in [2.45, 2.75) is 45.2 Å². The third-order valence-electron chi connectivity index (χ3n) is 5.65. The zero-order chi connectivity index (χ0) is 18.3. The van der Waals surface area contributed by atoms with Crippen LogP contribution in [0.25, 0.3) is 0 Å². The summed E-state index contributed by atoms with van der Waals surface area (Å²) >= 11 is 5.91. The molecule has 1 aliphatic heterocycles. The Kier molecular flexibility index (Phi) is 4.65. The van der Waals surface area contributed by atoms with Gasteiger partial charge in [0.2, 0.25) is 0 Å². The summed E-state index contributed by atoms with van der Waals surface area (Å²) in [4.78, 5) is 16.1. The number of halogens is 2. The summed E-state index contributed by atoms with van der Waals surface area (Å²) in [6, 6.07) is 5.45. The Balaban J connectivity index is 1.63. The van der Waals surface area contributed by atoms with Crippen LogP contribution >= 0.6 is 11.6 Å². The number of nitrogens with zero attached hydrogens (tertiary/aromatic N) is 4. The van der Waals surface area contributed by atoms with E-state index in [1.54, 1.807) is 18.3 Å². The first-order chi connectivity index (χ1) is 12.6. The van der Waals surface area contributed by atoms with E-state index in [9.17, 15) is 4.39 Å². The molecule has 0 spiro atoms. The minimum atomic E-state index is -0.458. The van der Waals surface area contributed by atoms with Crippen molar-refractivity contribution in [2.24, 2.45) is 10.9 Å². The molecule has 0 N–H and O–H groups in total. The normalized spacial score (nSPS) is 21.6. The van der Waals surface area contributed by atoms with Gasteiger partial charge in [0.25, 0.3) is 0 Å². The molecular weight excluding hydrogens is 351 g/mol. The van der Waals surface area contributed by atoms with Crippen molar-refractivity contribution in [3.63, 3.8) is 0 Å². The van der Waals surface area contributed by atoms with Gasteiger partial charge in [0.1, 0.15) is 11.5 Å². The lowest BCUT2D eigenvalue weighted by atomic mass is 9.99. The molecule has 4 rings (SSSR count). The van der Waals surface area contributed by atoms with Crippen LogP contribution in [0.5, 0.6) is 0 Å². The van der Waals surface area contributed by atoms with Crippen molar-refractivity contribution in [3.05, 3.63) is 52.2 Å². The van der Waals surface area contributed by atoms with Gasteiger partial charge in [-0.25, -0.2) is 14.4 Å². The molecule has 2 aliphatic rings. The fraction of sp³-hybridized carbons (Fsp3) is 0.450. The topological polar surface area (TPSA) is 41.4 Å². The summed E-state index contributed by atoms with van der Waals surface area (Å²) in [5.41, 5.74) is 2.37. The minimum absolute atomic E-state index is 0.0924. The van der Waals surface area contributed by atoms with Crippen LogP contribution in [0.2, 0.25) is 5.02 Å². The van der Waals surface area contributed by atoms with Gasteiger partial charge < -0.3 is 4.90 Å². The standard InChI is InChI=1S/C20H22ClFN4/c1-3-12-6-4-9-16(12)26(2)17-11-24-20-15(25-17)10-23-19(20)13-7-5-8-14(21)18(13)22/h5,7-8,11-12,16H,3-4,6,9-10H2,1-2H3/t12-,16-/m1/s1. The smallest absolute Gasteiger partial charge is 0.151 e. The van der Waals surface area contributed by atoms with Crippen molar-refractivity contribution < 1.29 is 4.39 Å². The first-order valence-electron chi connectivity index (χ1n) is 9.18. The maximum absolute atomic E-state index is 14.4. The molecule has 0 radical (unpaired) electrons. The van der Waals surface area contributed by atoms with Crippen LogP contribution in [0.3, 0.4) is 0 Å². The number of fused-ring (bicyclic) bond motifs is 1. The molecule has 2 atom stereocenters. The fourth-order valence-corrected chi connectivity index (χ4v) is 4.37. The maximum atomic E-state index is 14.4. The zero-order valence-corrected chi connectivity index (χ0v) is 15.8. The van der Waals surface area contributed by atoms with Gasteiger partial charge in [-0.2, -0.15) is 0 Å². The summed E-state index contributed by atoms with van der Waals surface area (Å²) in [6.07, 6.45) is 6.73. The monoisotopic (exact) mass is 372 g/mol. The SMILES string of the molecule is CC[C@@H]1CCC[C@H]1N(C)c1cnc2c(n1)CN=C2c1cccc(Cl)c1F. The molecule has 26 heavy (non-hydrogen) atoms. The number of aliphatic imine (C=N–C) groups is 1. The van der Waals surface area contributed by atoms with Gasteiger partial charge in [0.15, 0.2) is 5.82 Å². The molecule has 1 aromatic carbocycles. The summed E-state index contributed by atoms with van der Waals surface area (Å²) in [7, 11) is 2.10. The lowest BCUT2D eigenvalue weighted by Gasteiger charge is -2.30. The number of aromatic nitrogens is 2. The second-order valence-electron chi connectivity index (χ2n) is 7.07. The highest BCUT2D eigenvalue weighted by atomic mass is 35.5. The quantitative estimate of drug-likeness (QED) is 0.785. The van der Waals surface area contributed by atoms with E-state index in [0.717, 1.165) is 11.5 Å². The molecule has 0 bridgehead atoms. The summed E-state index contributed by atoms with van der Waals surface area (Å²) in [6.45, 7) is 2.68. The molecule has 1 aromatic heterocycles. The molecule has 0 unspecified atom stereocenters. The fourth-order valence-electron chi connectivity index (χ4n) is 4.20. The van der Waals surface area contributed by atoms with E-state index >= 15 is 0 Å². The summed E-state index contributed by atoms with van der Waals surface area (Å²) in [5, 5.41) is 0.0924. The van der Waals surface area contributed by atoms with Crippen LogP contribution in [0.15, 0.2) is 29.4 Å². The van der Waals surface area contributed by atoms with Crippen LogP contribution in [0.1, 0.15) is 49.6 Å². The lowest BCUT2D eigenvalue weighted by Crippen LogP contribution is -2.35. The van der Waals surface area contributed by atoms with Crippen molar-refractivity contribution in [1.82, 2.24) is 9.97 Å². The Bertz CT molecular complexity index is 867. The van der Waals surface area contributed by atoms with E-state index in [2.05, 4.69) is 28.8 Å². The molecule has 136 valence electrons. The highest BCUT2D eigenvalue weighted by Gasteiger charge is 2.31. The van der Waals surface area contributed by atoms with Crippen molar-refractivity contribution in [3.8, 4) is 0 Å².